The van der Waals surface area contributed by atoms with E-state index in [1.165, 1.54) is 0 Å². The van der Waals surface area contributed by atoms with E-state index in [0.29, 0.717) is 35.3 Å². The van der Waals surface area contributed by atoms with Gasteiger partial charge in [0.15, 0.2) is 0 Å². The summed E-state index contributed by atoms with van der Waals surface area (Å²) >= 11 is 6.33. The van der Waals surface area contributed by atoms with Crippen molar-refractivity contribution in [3.05, 3.63) is 70.2 Å². The van der Waals surface area contributed by atoms with Crippen molar-refractivity contribution < 1.29 is 9.59 Å². The highest BCUT2D eigenvalue weighted by atomic mass is 35.5. The van der Waals surface area contributed by atoms with Crippen molar-refractivity contribution >= 4 is 29.1 Å². The number of rotatable bonds is 11. The molecule has 4 rings (SSSR count). The first-order valence-electron chi connectivity index (χ1n) is 15.0. The van der Waals surface area contributed by atoms with Gasteiger partial charge in [0.05, 0.1) is 12.6 Å². The first-order valence-corrected chi connectivity index (χ1v) is 15.3. The maximum atomic E-state index is 14.3. The number of nitrogens with one attached hydrogen (secondary N) is 3. The quantitative estimate of drug-likeness (QED) is 0.162. The molecule has 0 aromatic heterocycles. The summed E-state index contributed by atoms with van der Waals surface area (Å²) < 4.78 is 0. The number of aliphatic imine (C=N–C) groups is 1. The highest BCUT2D eigenvalue weighted by Gasteiger charge is 2.52. The molecule has 2 aliphatic rings. The number of amides is 2. The van der Waals surface area contributed by atoms with Crippen LogP contribution in [0.1, 0.15) is 93.7 Å². The van der Waals surface area contributed by atoms with Crippen LogP contribution in [0.2, 0.25) is 5.02 Å². The second-order valence-electron chi connectivity index (χ2n) is 12.3. The Morgan fingerprint density at radius 3 is 2.50 bits per heavy atom. The van der Waals surface area contributed by atoms with E-state index in [4.69, 9.17) is 16.6 Å². The summed E-state index contributed by atoms with van der Waals surface area (Å²) in [5.41, 5.74) is 7.60. The van der Waals surface area contributed by atoms with Crippen LogP contribution in [0.4, 0.5) is 0 Å². The lowest BCUT2D eigenvalue weighted by Crippen LogP contribution is -2.51. The number of carbonyl (C=O) groups excluding carboxylic acids is 2. The molecule has 1 fully saturated rings. The van der Waals surface area contributed by atoms with Gasteiger partial charge in [0.25, 0.3) is 11.8 Å². The summed E-state index contributed by atoms with van der Waals surface area (Å²) in [5, 5.41) is 11.1. The van der Waals surface area contributed by atoms with E-state index in [1.54, 1.807) is 7.05 Å². The van der Waals surface area contributed by atoms with Crippen LogP contribution in [0.25, 0.3) is 0 Å². The van der Waals surface area contributed by atoms with Gasteiger partial charge in [-0.2, -0.15) is 5.11 Å². The fourth-order valence-electron chi connectivity index (χ4n) is 6.20. The summed E-state index contributed by atoms with van der Waals surface area (Å²) in [6, 6.07) is 14.9. The monoisotopic (exact) mass is 593 g/mol. The molecule has 2 aromatic carbocycles. The van der Waals surface area contributed by atoms with Crippen LogP contribution >= 0.6 is 11.6 Å². The van der Waals surface area contributed by atoms with Crippen LogP contribution in [-0.2, 0) is 4.79 Å². The number of benzene rings is 2. The van der Waals surface area contributed by atoms with Gasteiger partial charge in [-0.3, -0.25) is 14.6 Å². The topological polar surface area (TPSA) is 111 Å². The first-order chi connectivity index (χ1) is 20.1. The molecule has 1 spiro atoms. The number of hydrogen-bond donors (Lipinski definition) is 3. The second kappa shape index (κ2) is 13.8. The average molecular weight is 594 g/mol. The van der Waals surface area contributed by atoms with E-state index in [1.807, 2.05) is 48.5 Å². The zero-order chi connectivity index (χ0) is 30.3. The number of hydrazine groups is 1. The Morgan fingerprint density at radius 1 is 1.17 bits per heavy atom. The summed E-state index contributed by atoms with van der Waals surface area (Å²) in [6.45, 7) is 9.78. The van der Waals surface area contributed by atoms with Gasteiger partial charge in [-0.1, -0.05) is 75.2 Å². The third-order valence-electron chi connectivity index (χ3n) is 8.46. The van der Waals surface area contributed by atoms with Crippen molar-refractivity contribution in [1.82, 2.24) is 21.2 Å². The molecule has 2 amide bonds. The molecule has 1 heterocycles. The maximum absolute atomic E-state index is 14.3. The zero-order valence-electron chi connectivity index (χ0n) is 25.4. The molecule has 1 saturated carbocycles. The van der Waals surface area contributed by atoms with Crippen LogP contribution < -0.4 is 16.3 Å². The molecule has 9 nitrogen and oxygen atoms in total. The third kappa shape index (κ3) is 7.18. The number of nitrogens with zero attached hydrogens (tertiary/aromatic N) is 4. The van der Waals surface area contributed by atoms with Gasteiger partial charge < -0.3 is 10.2 Å². The Labute approximate surface area is 254 Å². The second-order valence-corrected chi connectivity index (χ2v) is 12.7. The lowest BCUT2D eigenvalue weighted by molar-refractivity contribution is -0.133. The normalized spacial score (nSPS) is 21.6. The maximum Gasteiger partial charge on any atom is 0.275 e. The number of hydrogen-bond acceptors (Lipinski definition) is 6. The Morgan fingerprint density at radius 2 is 1.88 bits per heavy atom. The van der Waals surface area contributed by atoms with Crippen molar-refractivity contribution in [2.75, 3.05) is 20.1 Å². The minimum atomic E-state index is -0.594. The van der Waals surface area contributed by atoms with E-state index < -0.39 is 5.66 Å². The lowest BCUT2D eigenvalue weighted by Gasteiger charge is -2.47. The van der Waals surface area contributed by atoms with Crippen LogP contribution in [0.15, 0.2) is 63.9 Å². The molecular weight excluding hydrogens is 550 g/mol. The highest BCUT2D eigenvalue weighted by Crippen LogP contribution is 2.49. The Balaban J connectivity index is 1.60. The van der Waals surface area contributed by atoms with Gasteiger partial charge >= 0.3 is 0 Å². The molecule has 0 bridgehead atoms. The minimum Gasteiger partial charge on any atom is -0.350 e. The molecule has 3 N–H and O–H groups in total. The average Bonchev–Trinajstić information content (AvgIpc) is 3.24. The molecule has 42 heavy (non-hydrogen) atoms. The molecule has 1 atom stereocenters. The van der Waals surface area contributed by atoms with Gasteiger partial charge in [0.1, 0.15) is 11.4 Å². The third-order valence-corrected chi connectivity index (χ3v) is 8.70. The molecule has 10 heteroatoms. The molecule has 2 aromatic rings. The predicted molar refractivity (Wildman–Crippen MR) is 167 cm³/mol. The van der Waals surface area contributed by atoms with Crippen LogP contribution in [0, 0.1) is 11.3 Å². The van der Waals surface area contributed by atoms with Gasteiger partial charge in [-0.25, -0.2) is 11.0 Å². The predicted octanol–water partition coefficient (Wildman–Crippen LogP) is 6.27. The summed E-state index contributed by atoms with van der Waals surface area (Å²) in [7, 11) is 1.69. The minimum absolute atomic E-state index is 0.0475. The van der Waals surface area contributed by atoms with Crippen LogP contribution in [-0.4, -0.2) is 48.2 Å². The van der Waals surface area contributed by atoms with Crippen molar-refractivity contribution in [3.63, 3.8) is 0 Å². The smallest absolute Gasteiger partial charge is 0.275 e. The summed E-state index contributed by atoms with van der Waals surface area (Å²) in [5.74, 6) is 0.355. The van der Waals surface area contributed by atoms with Crippen molar-refractivity contribution in [3.8, 4) is 0 Å². The van der Waals surface area contributed by atoms with Gasteiger partial charge in [0, 0.05) is 29.7 Å². The van der Waals surface area contributed by atoms with Crippen molar-refractivity contribution in [1.29, 1.82) is 0 Å². The molecule has 1 aliphatic carbocycles. The molecule has 0 saturated heterocycles. The Kier molecular flexibility index (Phi) is 10.4. The molecular formula is C32H44ClN7O2. The fraction of sp³-hybridized carbons (Fsp3) is 0.531. The summed E-state index contributed by atoms with van der Waals surface area (Å²) in [6.07, 6.45) is 5.39. The van der Waals surface area contributed by atoms with E-state index >= 15 is 0 Å². The lowest BCUT2D eigenvalue weighted by atomic mass is 9.69. The van der Waals surface area contributed by atoms with Crippen LogP contribution in [0.3, 0.4) is 0 Å². The fourth-order valence-corrected chi connectivity index (χ4v) is 6.39. The van der Waals surface area contributed by atoms with Crippen molar-refractivity contribution in [2.24, 2.45) is 26.7 Å². The molecule has 0 radical (unpaired) electrons. The highest BCUT2D eigenvalue weighted by molar-refractivity contribution is 6.47. The number of halogens is 1. The van der Waals surface area contributed by atoms with Crippen molar-refractivity contribution in [2.45, 2.75) is 77.9 Å². The van der Waals surface area contributed by atoms with E-state index in [2.05, 4.69) is 59.2 Å². The van der Waals surface area contributed by atoms with Crippen LogP contribution in [0.5, 0.6) is 0 Å². The van der Waals surface area contributed by atoms with Gasteiger partial charge in [-0.05, 0) is 73.3 Å². The molecule has 1 aliphatic heterocycles. The van der Waals surface area contributed by atoms with Gasteiger partial charge in [0.2, 0.25) is 0 Å². The molecule has 1 unspecified atom stereocenters. The first kappa shape index (κ1) is 31.6. The number of carbonyl (C=O) groups is 2. The molecule has 226 valence electrons. The van der Waals surface area contributed by atoms with E-state index in [-0.39, 0.29) is 23.3 Å². The van der Waals surface area contributed by atoms with E-state index in [9.17, 15) is 9.59 Å². The standard InChI is InChI=1S/C32H44ClN7O2/c1-6-8-27(22-11-13-23(14-12-22)29(41)35-19-20-36-39-38-34-5)40-30(42)28(24-9-7-10-26(33)21-24)37-32(40)17-15-25(16-18-32)31(2,3)4/h7,9-14,21,25,27H,6,8,15-20H2,1-5H3,(H,34,39)(H,35,41)(H,36,38). The summed E-state index contributed by atoms with van der Waals surface area (Å²) in [4.78, 5) is 34.3. The van der Waals surface area contributed by atoms with E-state index in [0.717, 1.165) is 49.7 Å². The largest absolute Gasteiger partial charge is 0.350 e. The zero-order valence-corrected chi connectivity index (χ0v) is 26.2. The Hall–Kier alpha value is -3.30. The Bertz CT molecular complexity index is 1290. The van der Waals surface area contributed by atoms with Gasteiger partial charge in [-0.15, -0.1) is 0 Å². The SMILES string of the molecule is CCCC(c1ccc(C(=O)NCCN=NNNC)cc1)N1C(=O)C(c2cccc(Cl)c2)=NC12CCC(C(C)(C)C)CC2.